The number of nitrogens with zero attached hydrogens (tertiary/aromatic N) is 1. The fourth-order valence-electron chi connectivity index (χ4n) is 1.64. The number of rotatable bonds is 8. The summed E-state index contributed by atoms with van der Waals surface area (Å²) in [5, 5.41) is 9.38. The molecule has 22 heavy (non-hydrogen) atoms. The molecule has 8 heteroatoms. The summed E-state index contributed by atoms with van der Waals surface area (Å²) in [7, 11) is 1.65. The second-order valence-electron chi connectivity index (χ2n) is 4.67. The number of aliphatic carboxylic acids is 1. The molecule has 1 N–H and O–H groups in total. The molecule has 1 amide bonds. The number of hydrogen-bond acceptors (Lipinski definition) is 4. The van der Waals surface area contributed by atoms with Crippen LogP contribution in [0.1, 0.15) is 6.92 Å². The molecule has 0 aliphatic rings. The Morgan fingerprint density at radius 2 is 2.00 bits per heavy atom. The number of carboxylic acid groups (broad SMARTS) is 1. The van der Waals surface area contributed by atoms with E-state index in [1.807, 2.05) is 6.92 Å². The van der Waals surface area contributed by atoms with Crippen molar-refractivity contribution in [2.45, 2.75) is 13.0 Å². The van der Waals surface area contributed by atoms with Crippen LogP contribution in [-0.2, 0) is 9.59 Å². The van der Waals surface area contributed by atoms with Crippen molar-refractivity contribution >= 4 is 46.8 Å². The lowest BCUT2D eigenvalue weighted by atomic mass is 10.3. The summed E-state index contributed by atoms with van der Waals surface area (Å²) in [6, 6.07) is 4.96. The largest absolute Gasteiger partial charge is 0.489 e. The van der Waals surface area contributed by atoms with Crippen molar-refractivity contribution in [3.05, 3.63) is 28.2 Å². The van der Waals surface area contributed by atoms with Gasteiger partial charge in [-0.2, -0.15) is 0 Å². The first-order valence-corrected chi connectivity index (χ1v) is 8.36. The zero-order valence-electron chi connectivity index (χ0n) is 12.2. The van der Waals surface area contributed by atoms with Gasteiger partial charge in [-0.3, -0.25) is 9.59 Å². The minimum atomic E-state index is -0.934. The molecule has 1 aromatic carbocycles. The van der Waals surface area contributed by atoms with Crippen LogP contribution in [0.5, 0.6) is 5.75 Å². The van der Waals surface area contributed by atoms with E-state index in [0.717, 1.165) is 11.8 Å². The van der Waals surface area contributed by atoms with Crippen LogP contribution >= 0.6 is 35.0 Å². The van der Waals surface area contributed by atoms with Gasteiger partial charge < -0.3 is 14.7 Å². The van der Waals surface area contributed by atoms with Crippen molar-refractivity contribution in [1.29, 1.82) is 0 Å². The van der Waals surface area contributed by atoms with Gasteiger partial charge in [-0.15, -0.1) is 11.8 Å². The van der Waals surface area contributed by atoms with E-state index in [4.69, 9.17) is 33.0 Å². The van der Waals surface area contributed by atoms with Crippen molar-refractivity contribution in [3.8, 4) is 5.75 Å². The Hall–Kier alpha value is -1.11. The summed E-state index contributed by atoms with van der Waals surface area (Å²) in [5.74, 6) is -0.465. The second-order valence-corrected chi connectivity index (χ2v) is 6.47. The van der Waals surface area contributed by atoms with Crippen LogP contribution < -0.4 is 4.74 Å². The third-order valence-electron chi connectivity index (χ3n) is 2.64. The van der Waals surface area contributed by atoms with Crippen molar-refractivity contribution in [1.82, 2.24) is 4.90 Å². The number of halogens is 2. The van der Waals surface area contributed by atoms with Crippen LogP contribution in [0.3, 0.4) is 0 Å². The number of carbonyl (C=O) groups is 2. The highest BCUT2D eigenvalue weighted by atomic mass is 35.5. The predicted octanol–water partition coefficient (Wildman–Crippen LogP) is 3.04. The Kier molecular flexibility index (Phi) is 7.85. The maximum absolute atomic E-state index is 11.8. The molecule has 1 unspecified atom stereocenters. The Bertz CT molecular complexity index is 542. The van der Waals surface area contributed by atoms with E-state index in [2.05, 4.69) is 0 Å². The molecule has 1 atom stereocenters. The molecule has 0 spiro atoms. The number of amides is 1. The minimum absolute atomic E-state index is 0.0884. The monoisotopic (exact) mass is 365 g/mol. The standard InChI is InChI=1S/C14H17Cl2NO4S/c1-9(21-10-3-4-11(15)12(16)5-10)6-17(2)13(18)7-22-8-14(19)20/h3-5,9H,6-8H2,1-2H3,(H,19,20). The van der Waals surface area contributed by atoms with E-state index in [0.29, 0.717) is 22.3 Å². The Morgan fingerprint density at radius 3 is 2.59 bits per heavy atom. The van der Waals surface area contributed by atoms with Crippen LogP contribution in [0.25, 0.3) is 0 Å². The average Bonchev–Trinajstić information content (AvgIpc) is 2.42. The van der Waals surface area contributed by atoms with Gasteiger partial charge in [0.15, 0.2) is 0 Å². The Morgan fingerprint density at radius 1 is 1.32 bits per heavy atom. The molecule has 0 fully saturated rings. The Labute approximate surface area is 143 Å². The number of ether oxygens (including phenoxy) is 1. The summed E-state index contributed by atoms with van der Waals surface area (Å²) in [6.45, 7) is 2.21. The van der Waals surface area contributed by atoms with Gasteiger partial charge in [-0.1, -0.05) is 23.2 Å². The van der Waals surface area contributed by atoms with Crippen LogP contribution in [0.15, 0.2) is 18.2 Å². The zero-order valence-corrected chi connectivity index (χ0v) is 14.5. The lowest BCUT2D eigenvalue weighted by Crippen LogP contribution is -2.36. The number of hydrogen-bond donors (Lipinski definition) is 1. The first-order chi connectivity index (χ1) is 10.3. The predicted molar refractivity (Wildman–Crippen MR) is 89.1 cm³/mol. The molecular formula is C14H17Cl2NO4S. The Balaban J connectivity index is 2.42. The topological polar surface area (TPSA) is 66.8 Å². The highest BCUT2D eigenvalue weighted by molar-refractivity contribution is 8.00. The number of benzene rings is 1. The molecular weight excluding hydrogens is 349 g/mol. The average molecular weight is 366 g/mol. The molecule has 0 saturated carbocycles. The molecule has 0 heterocycles. The number of carbonyl (C=O) groups excluding carboxylic acids is 1. The molecule has 0 radical (unpaired) electrons. The summed E-state index contributed by atoms with van der Waals surface area (Å²) >= 11 is 12.8. The van der Waals surface area contributed by atoms with Gasteiger partial charge >= 0.3 is 5.97 Å². The molecule has 1 aromatic rings. The smallest absolute Gasteiger partial charge is 0.313 e. The van der Waals surface area contributed by atoms with Crippen LogP contribution in [-0.4, -0.2) is 53.1 Å². The van der Waals surface area contributed by atoms with Crippen molar-refractivity contribution < 1.29 is 19.4 Å². The summed E-state index contributed by atoms with van der Waals surface area (Å²) in [5.41, 5.74) is 0. The maximum atomic E-state index is 11.8. The molecule has 0 aliphatic heterocycles. The van der Waals surface area contributed by atoms with E-state index in [1.165, 1.54) is 4.90 Å². The first kappa shape index (κ1) is 18.9. The fourth-order valence-corrected chi connectivity index (χ4v) is 2.60. The van der Waals surface area contributed by atoms with E-state index in [-0.39, 0.29) is 23.5 Å². The van der Waals surface area contributed by atoms with E-state index >= 15 is 0 Å². The second kappa shape index (κ2) is 9.12. The van der Waals surface area contributed by atoms with Gasteiger partial charge in [0.2, 0.25) is 5.91 Å². The van der Waals surface area contributed by atoms with E-state index in [1.54, 1.807) is 25.2 Å². The normalized spacial score (nSPS) is 11.8. The molecule has 0 aromatic heterocycles. The maximum Gasteiger partial charge on any atom is 0.313 e. The quantitative estimate of drug-likeness (QED) is 0.766. The van der Waals surface area contributed by atoms with Crippen LogP contribution in [0.2, 0.25) is 10.0 Å². The highest BCUT2D eigenvalue weighted by Crippen LogP contribution is 2.26. The molecule has 0 aliphatic carbocycles. The van der Waals surface area contributed by atoms with Crippen LogP contribution in [0.4, 0.5) is 0 Å². The summed E-state index contributed by atoms with van der Waals surface area (Å²) in [4.78, 5) is 23.7. The highest BCUT2D eigenvalue weighted by Gasteiger charge is 2.14. The number of carboxylic acids is 1. The number of thioether (sulfide) groups is 1. The summed E-state index contributed by atoms with van der Waals surface area (Å²) < 4.78 is 5.68. The minimum Gasteiger partial charge on any atom is -0.489 e. The molecule has 122 valence electrons. The van der Waals surface area contributed by atoms with Crippen LogP contribution in [0, 0.1) is 0 Å². The molecule has 0 bridgehead atoms. The van der Waals surface area contributed by atoms with Gasteiger partial charge in [-0.05, 0) is 19.1 Å². The third kappa shape index (κ3) is 6.77. The molecule has 0 saturated heterocycles. The van der Waals surface area contributed by atoms with Gasteiger partial charge in [0.25, 0.3) is 0 Å². The fraction of sp³-hybridized carbons (Fsp3) is 0.429. The molecule has 5 nitrogen and oxygen atoms in total. The lowest BCUT2D eigenvalue weighted by molar-refractivity contribution is -0.133. The van der Waals surface area contributed by atoms with Gasteiger partial charge in [0.1, 0.15) is 11.9 Å². The number of likely N-dealkylation sites (N-methyl/N-ethyl adjacent to an activating group) is 1. The van der Waals surface area contributed by atoms with E-state index < -0.39 is 5.97 Å². The summed E-state index contributed by atoms with van der Waals surface area (Å²) in [6.07, 6.45) is -0.240. The third-order valence-corrected chi connectivity index (χ3v) is 4.28. The van der Waals surface area contributed by atoms with Crippen molar-refractivity contribution in [3.63, 3.8) is 0 Å². The lowest BCUT2D eigenvalue weighted by Gasteiger charge is -2.22. The SMILES string of the molecule is CC(CN(C)C(=O)CSCC(=O)O)Oc1ccc(Cl)c(Cl)c1. The van der Waals surface area contributed by atoms with Gasteiger partial charge in [0, 0.05) is 13.1 Å². The van der Waals surface area contributed by atoms with Crippen molar-refractivity contribution in [2.24, 2.45) is 0 Å². The van der Waals surface area contributed by atoms with Gasteiger partial charge in [-0.25, -0.2) is 0 Å². The zero-order chi connectivity index (χ0) is 16.7. The first-order valence-electron chi connectivity index (χ1n) is 6.44. The van der Waals surface area contributed by atoms with Crippen molar-refractivity contribution in [2.75, 3.05) is 25.1 Å². The van der Waals surface area contributed by atoms with E-state index in [9.17, 15) is 9.59 Å². The van der Waals surface area contributed by atoms with Gasteiger partial charge in [0.05, 0.1) is 28.1 Å². The molecule has 1 rings (SSSR count).